The minimum atomic E-state index is 0.0637. The molecule has 3 aromatic rings. The fourth-order valence-corrected chi connectivity index (χ4v) is 3.49. The van der Waals surface area contributed by atoms with Crippen molar-refractivity contribution >= 4 is 34.3 Å². The Hall–Kier alpha value is -2.80. The first kappa shape index (κ1) is 21.9. The predicted molar refractivity (Wildman–Crippen MR) is 127 cm³/mol. The molecule has 0 saturated heterocycles. The second kappa shape index (κ2) is 10.3. The summed E-state index contributed by atoms with van der Waals surface area (Å²) < 4.78 is 2.10. The number of benzene rings is 1. The molecule has 0 radical (unpaired) electrons. The first-order valence-corrected chi connectivity index (χ1v) is 11.0. The van der Waals surface area contributed by atoms with E-state index in [4.69, 9.17) is 21.4 Å². The highest BCUT2D eigenvalue weighted by Gasteiger charge is 2.18. The molecule has 2 aromatic heterocycles. The molecule has 7 nitrogen and oxygen atoms in total. The summed E-state index contributed by atoms with van der Waals surface area (Å²) in [5.74, 6) is 1.75. The van der Waals surface area contributed by atoms with Gasteiger partial charge in [0, 0.05) is 37.1 Å². The van der Waals surface area contributed by atoms with Crippen molar-refractivity contribution < 1.29 is 0 Å². The van der Waals surface area contributed by atoms with E-state index in [9.17, 15) is 0 Å². The quantitative estimate of drug-likeness (QED) is 0.398. The SMILES string of the molecule is CCCCN(CCCC)c1ccc2nc(Nc3ccc(N)cc3)n(C(C)CN)c2n1. The van der Waals surface area contributed by atoms with Crippen molar-refractivity contribution in [3.8, 4) is 0 Å². The van der Waals surface area contributed by atoms with Gasteiger partial charge in [0.25, 0.3) is 0 Å². The number of nitrogen functional groups attached to an aromatic ring is 1. The fourth-order valence-electron chi connectivity index (χ4n) is 3.49. The Labute approximate surface area is 179 Å². The topological polar surface area (TPSA) is 98.0 Å². The lowest BCUT2D eigenvalue weighted by Crippen LogP contribution is -2.26. The molecule has 0 spiro atoms. The summed E-state index contributed by atoms with van der Waals surface area (Å²) in [6, 6.07) is 11.9. The van der Waals surface area contributed by atoms with Gasteiger partial charge in [-0.25, -0.2) is 9.97 Å². The van der Waals surface area contributed by atoms with Crippen molar-refractivity contribution in [2.24, 2.45) is 5.73 Å². The highest BCUT2D eigenvalue weighted by atomic mass is 15.3. The monoisotopic (exact) mass is 409 g/mol. The van der Waals surface area contributed by atoms with Crippen LogP contribution in [0.2, 0.25) is 0 Å². The highest BCUT2D eigenvalue weighted by Crippen LogP contribution is 2.28. The average molecular weight is 410 g/mol. The summed E-state index contributed by atoms with van der Waals surface area (Å²) in [7, 11) is 0. The molecule has 0 bridgehead atoms. The molecule has 3 rings (SSSR count). The average Bonchev–Trinajstić information content (AvgIpc) is 3.12. The van der Waals surface area contributed by atoms with Gasteiger partial charge in [-0.15, -0.1) is 0 Å². The minimum absolute atomic E-state index is 0.0637. The molecule has 30 heavy (non-hydrogen) atoms. The molecule has 0 aliphatic heterocycles. The van der Waals surface area contributed by atoms with Crippen LogP contribution in [0.15, 0.2) is 36.4 Å². The van der Waals surface area contributed by atoms with Gasteiger partial charge >= 0.3 is 0 Å². The molecule has 5 N–H and O–H groups in total. The van der Waals surface area contributed by atoms with Gasteiger partial charge in [-0.1, -0.05) is 26.7 Å². The summed E-state index contributed by atoms with van der Waals surface area (Å²) in [4.78, 5) is 12.2. The molecule has 0 amide bonds. The maximum absolute atomic E-state index is 6.03. The third-order valence-corrected chi connectivity index (χ3v) is 5.36. The molecule has 162 valence electrons. The largest absolute Gasteiger partial charge is 0.399 e. The molecule has 0 saturated carbocycles. The number of fused-ring (bicyclic) bond motifs is 1. The van der Waals surface area contributed by atoms with Crippen LogP contribution in [0.4, 0.5) is 23.1 Å². The van der Waals surface area contributed by atoms with Gasteiger partial charge in [0.05, 0.1) is 0 Å². The van der Waals surface area contributed by atoms with Crippen molar-refractivity contribution in [3.05, 3.63) is 36.4 Å². The van der Waals surface area contributed by atoms with E-state index in [1.807, 2.05) is 24.3 Å². The van der Waals surface area contributed by atoms with Crippen LogP contribution in [0.25, 0.3) is 11.2 Å². The lowest BCUT2D eigenvalue weighted by molar-refractivity contribution is 0.575. The maximum atomic E-state index is 6.03. The molecule has 1 aromatic carbocycles. The minimum Gasteiger partial charge on any atom is -0.399 e. The van der Waals surface area contributed by atoms with E-state index in [0.29, 0.717) is 6.54 Å². The Balaban J connectivity index is 2.00. The third-order valence-electron chi connectivity index (χ3n) is 5.36. The van der Waals surface area contributed by atoms with E-state index in [-0.39, 0.29) is 6.04 Å². The molecule has 7 heteroatoms. The Bertz CT molecular complexity index is 925. The van der Waals surface area contributed by atoms with Gasteiger partial charge in [0.15, 0.2) is 5.65 Å². The number of imidazole rings is 1. The summed E-state index contributed by atoms with van der Waals surface area (Å²) in [5, 5.41) is 3.41. The first-order valence-electron chi connectivity index (χ1n) is 11.0. The van der Waals surface area contributed by atoms with E-state index < -0.39 is 0 Å². The van der Waals surface area contributed by atoms with Crippen LogP contribution < -0.4 is 21.7 Å². The van der Waals surface area contributed by atoms with E-state index in [0.717, 1.165) is 60.2 Å². The number of nitrogens with two attached hydrogens (primary N) is 2. The second-order valence-corrected chi connectivity index (χ2v) is 7.84. The molecule has 1 unspecified atom stereocenters. The smallest absolute Gasteiger partial charge is 0.209 e. The van der Waals surface area contributed by atoms with Crippen LogP contribution in [0.3, 0.4) is 0 Å². The lowest BCUT2D eigenvalue weighted by atomic mass is 10.2. The van der Waals surface area contributed by atoms with Gasteiger partial charge < -0.3 is 21.7 Å². The van der Waals surface area contributed by atoms with Crippen molar-refractivity contribution in [2.45, 2.75) is 52.5 Å². The van der Waals surface area contributed by atoms with Crippen molar-refractivity contribution in [1.29, 1.82) is 0 Å². The zero-order valence-electron chi connectivity index (χ0n) is 18.4. The Kier molecular flexibility index (Phi) is 7.52. The van der Waals surface area contributed by atoms with E-state index in [2.05, 4.69) is 47.7 Å². The fraction of sp³-hybridized carbons (Fsp3) is 0.478. The number of hydrogen-bond acceptors (Lipinski definition) is 6. The lowest BCUT2D eigenvalue weighted by Gasteiger charge is -2.24. The van der Waals surface area contributed by atoms with Crippen LogP contribution in [0.5, 0.6) is 0 Å². The zero-order chi connectivity index (χ0) is 21.5. The number of nitrogens with zero attached hydrogens (tertiary/aromatic N) is 4. The van der Waals surface area contributed by atoms with Crippen LogP contribution >= 0.6 is 0 Å². The molecular formula is C23H35N7. The summed E-state index contributed by atoms with van der Waals surface area (Å²) in [6.07, 6.45) is 4.66. The van der Waals surface area contributed by atoms with Gasteiger partial charge in [0.1, 0.15) is 11.3 Å². The molecular weight excluding hydrogens is 374 g/mol. The summed E-state index contributed by atoms with van der Waals surface area (Å²) in [5.41, 5.74) is 15.2. The maximum Gasteiger partial charge on any atom is 0.209 e. The van der Waals surface area contributed by atoms with Gasteiger partial charge in [-0.05, 0) is 56.2 Å². The molecule has 2 heterocycles. The Morgan fingerprint density at radius 3 is 2.27 bits per heavy atom. The van der Waals surface area contributed by atoms with E-state index in [1.165, 1.54) is 12.8 Å². The van der Waals surface area contributed by atoms with Crippen molar-refractivity contribution in [2.75, 3.05) is 35.6 Å². The standard InChI is InChI=1S/C23H35N7/c1-4-6-14-29(15-7-5-2)21-13-12-20-22(28-21)30(17(3)16-24)23(27-20)26-19-10-8-18(25)9-11-19/h8-13,17H,4-7,14-16,24-25H2,1-3H3,(H,26,27). The predicted octanol–water partition coefficient (Wildman–Crippen LogP) is 4.68. The molecule has 0 fully saturated rings. The number of pyridine rings is 1. The van der Waals surface area contributed by atoms with Crippen LogP contribution in [-0.4, -0.2) is 34.2 Å². The summed E-state index contributed by atoms with van der Waals surface area (Å²) in [6.45, 7) is 9.08. The number of unbranched alkanes of at least 4 members (excludes halogenated alkanes) is 2. The number of anilines is 4. The summed E-state index contributed by atoms with van der Waals surface area (Å²) >= 11 is 0. The highest BCUT2D eigenvalue weighted by molar-refractivity contribution is 5.78. The number of rotatable bonds is 11. The first-order chi connectivity index (χ1) is 14.6. The molecule has 1 atom stereocenters. The zero-order valence-corrected chi connectivity index (χ0v) is 18.4. The third kappa shape index (κ3) is 5.02. The van der Waals surface area contributed by atoms with Gasteiger partial charge in [0.2, 0.25) is 5.95 Å². The number of nitrogens with one attached hydrogen (secondary N) is 1. The van der Waals surface area contributed by atoms with Gasteiger partial charge in [-0.3, -0.25) is 4.57 Å². The number of hydrogen-bond donors (Lipinski definition) is 3. The second-order valence-electron chi connectivity index (χ2n) is 7.84. The van der Waals surface area contributed by atoms with Crippen molar-refractivity contribution in [3.63, 3.8) is 0 Å². The Morgan fingerprint density at radius 1 is 1.00 bits per heavy atom. The van der Waals surface area contributed by atoms with E-state index in [1.54, 1.807) is 0 Å². The normalized spacial score (nSPS) is 12.3. The van der Waals surface area contributed by atoms with Crippen LogP contribution in [0, 0.1) is 0 Å². The molecule has 0 aliphatic carbocycles. The number of aromatic nitrogens is 3. The van der Waals surface area contributed by atoms with Crippen molar-refractivity contribution in [1.82, 2.24) is 14.5 Å². The van der Waals surface area contributed by atoms with Gasteiger partial charge in [-0.2, -0.15) is 0 Å². The van der Waals surface area contributed by atoms with Crippen LogP contribution in [0.1, 0.15) is 52.5 Å². The molecule has 0 aliphatic rings. The Morgan fingerprint density at radius 2 is 1.67 bits per heavy atom. The van der Waals surface area contributed by atoms with Crippen LogP contribution in [-0.2, 0) is 0 Å². The van der Waals surface area contributed by atoms with E-state index >= 15 is 0 Å².